The monoisotopic (exact) mass is 278 g/mol. The summed E-state index contributed by atoms with van der Waals surface area (Å²) < 4.78 is 1.12. The third kappa shape index (κ3) is 2.64. The van der Waals surface area contributed by atoms with E-state index in [0.29, 0.717) is 0 Å². The van der Waals surface area contributed by atoms with Gasteiger partial charge in [0.2, 0.25) is 0 Å². The molecule has 0 saturated carbocycles. The van der Waals surface area contributed by atoms with E-state index in [-0.39, 0.29) is 0 Å². The van der Waals surface area contributed by atoms with Crippen LogP contribution in [0.15, 0.2) is 57.9 Å². The summed E-state index contributed by atoms with van der Waals surface area (Å²) in [5.74, 6) is 0. The van der Waals surface area contributed by atoms with Crippen LogP contribution in [0, 0.1) is 0 Å². The molecule has 0 nitrogen and oxygen atoms in total. The molecule has 0 spiro atoms. The van der Waals surface area contributed by atoms with Crippen molar-refractivity contribution in [1.29, 1.82) is 0 Å². The Morgan fingerprint density at radius 2 is 1.27 bits per heavy atom. The Kier molecular flexibility index (Phi) is 3.49. The normalized spacial score (nSPS) is 10.3. The summed E-state index contributed by atoms with van der Waals surface area (Å²) in [5.41, 5.74) is 2.52. The first-order valence-electron chi connectivity index (χ1n) is 4.69. The molecule has 0 aliphatic carbocycles. The third-order valence-electron chi connectivity index (χ3n) is 2.27. The Morgan fingerprint density at radius 1 is 0.800 bits per heavy atom. The fraction of sp³-hybridized carbons (Fsp3) is 0.0769. The van der Waals surface area contributed by atoms with E-state index in [2.05, 4.69) is 70.7 Å². The quantitative estimate of drug-likeness (QED) is 0.709. The van der Waals surface area contributed by atoms with Crippen LogP contribution in [0.2, 0.25) is 0 Å². The van der Waals surface area contributed by atoms with Gasteiger partial charge in [-0.3, -0.25) is 0 Å². The van der Waals surface area contributed by atoms with Crippen LogP contribution in [0.1, 0.15) is 0 Å². The molecule has 2 aromatic carbocycles. The topological polar surface area (TPSA) is 0 Å². The minimum atomic E-state index is 1.12. The van der Waals surface area contributed by atoms with Gasteiger partial charge >= 0.3 is 0 Å². The number of halogens is 1. The molecule has 0 bridgehead atoms. The van der Waals surface area contributed by atoms with Crippen molar-refractivity contribution in [2.24, 2.45) is 0 Å². The molecule has 2 aromatic rings. The number of benzene rings is 2. The zero-order valence-electron chi connectivity index (χ0n) is 8.41. The van der Waals surface area contributed by atoms with Crippen LogP contribution in [0.5, 0.6) is 0 Å². The van der Waals surface area contributed by atoms with E-state index in [4.69, 9.17) is 0 Å². The molecule has 76 valence electrons. The second kappa shape index (κ2) is 4.86. The summed E-state index contributed by atoms with van der Waals surface area (Å²) in [7, 11) is 0. The number of rotatable bonds is 2. The van der Waals surface area contributed by atoms with Crippen molar-refractivity contribution in [3.63, 3.8) is 0 Å². The van der Waals surface area contributed by atoms with Gasteiger partial charge in [0.05, 0.1) is 0 Å². The molecular weight excluding hydrogens is 268 g/mol. The van der Waals surface area contributed by atoms with E-state index >= 15 is 0 Å². The van der Waals surface area contributed by atoms with E-state index in [1.54, 1.807) is 11.8 Å². The SMILES string of the molecule is CSc1ccc(-c2ccc(Br)cc2)cc1. The molecule has 0 aliphatic heterocycles. The average Bonchev–Trinajstić information content (AvgIpc) is 2.30. The molecule has 0 amide bonds. The highest BCUT2D eigenvalue weighted by molar-refractivity contribution is 9.10. The fourth-order valence-corrected chi connectivity index (χ4v) is 2.10. The zero-order valence-corrected chi connectivity index (χ0v) is 10.8. The van der Waals surface area contributed by atoms with Gasteiger partial charge < -0.3 is 0 Å². The first-order valence-corrected chi connectivity index (χ1v) is 6.71. The molecule has 15 heavy (non-hydrogen) atoms. The maximum absolute atomic E-state index is 3.44. The zero-order chi connectivity index (χ0) is 10.7. The highest BCUT2D eigenvalue weighted by Crippen LogP contribution is 2.24. The van der Waals surface area contributed by atoms with Crippen molar-refractivity contribution >= 4 is 27.7 Å². The molecule has 0 aliphatic rings. The predicted octanol–water partition coefficient (Wildman–Crippen LogP) is 4.84. The van der Waals surface area contributed by atoms with E-state index < -0.39 is 0 Å². The van der Waals surface area contributed by atoms with Gasteiger partial charge in [0.1, 0.15) is 0 Å². The second-order valence-electron chi connectivity index (χ2n) is 3.24. The second-order valence-corrected chi connectivity index (χ2v) is 5.03. The number of hydrogen-bond acceptors (Lipinski definition) is 1. The Labute approximate surface area is 103 Å². The Morgan fingerprint density at radius 3 is 1.73 bits per heavy atom. The summed E-state index contributed by atoms with van der Waals surface area (Å²) >= 11 is 5.21. The van der Waals surface area contributed by atoms with Crippen LogP contribution < -0.4 is 0 Å². The van der Waals surface area contributed by atoms with E-state index in [9.17, 15) is 0 Å². The molecule has 2 rings (SSSR count). The van der Waals surface area contributed by atoms with Gasteiger partial charge in [-0.25, -0.2) is 0 Å². The minimum absolute atomic E-state index is 1.12. The summed E-state index contributed by atoms with van der Waals surface area (Å²) in [4.78, 5) is 1.30. The van der Waals surface area contributed by atoms with Crippen LogP contribution in [-0.2, 0) is 0 Å². The van der Waals surface area contributed by atoms with Crippen molar-refractivity contribution in [2.75, 3.05) is 6.26 Å². The van der Waals surface area contributed by atoms with E-state index in [1.807, 2.05) is 0 Å². The smallest absolute Gasteiger partial charge is 0.0175 e. The Balaban J connectivity index is 2.33. The maximum Gasteiger partial charge on any atom is 0.0175 e. The van der Waals surface area contributed by atoms with Gasteiger partial charge in [-0.05, 0) is 41.6 Å². The van der Waals surface area contributed by atoms with Crippen molar-refractivity contribution in [2.45, 2.75) is 4.90 Å². The lowest BCUT2D eigenvalue weighted by molar-refractivity contribution is 1.46. The summed E-state index contributed by atoms with van der Waals surface area (Å²) in [6.45, 7) is 0. The molecule has 0 N–H and O–H groups in total. The Hall–Kier alpha value is -0.730. The molecule has 0 heterocycles. The van der Waals surface area contributed by atoms with Crippen LogP contribution in [-0.4, -0.2) is 6.26 Å². The molecule has 0 atom stereocenters. The summed E-state index contributed by atoms with van der Waals surface area (Å²) in [6.07, 6.45) is 2.09. The highest BCUT2D eigenvalue weighted by Gasteiger charge is 1.97. The lowest BCUT2D eigenvalue weighted by atomic mass is 10.1. The van der Waals surface area contributed by atoms with Gasteiger partial charge in [0, 0.05) is 9.37 Å². The van der Waals surface area contributed by atoms with E-state index in [0.717, 1.165) is 4.47 Å². The predicted molar refractivity (Wildman–Crippen MR) is 71.4 cm³/mol. The van der Waals surface area contributed by atoms with Crippen LogP contribution >= 0.6 is 27.7 Å². The lowest BCUT2D eigenvalue weighted by Crippen LogP contribution is -1.77. The van der Waals surface area contributed by atoms with Gasteiger partial charge in [-0.15, -0.1) is 11.8 Å². The molecule has 0 fully saturated rings. The maximum atomic E-state index is 3.44. The van der Waals surface area contributed by atoms with Gasteiger partial charge in [0.25, 0.3) is 0 Å². The molecule has 0 unspecified atom stereocenters. The molecule has 0 aromatic heterocycles. The average molecular weight is 279 g/mol. The van der Waals surface area contributed by atoms with Crippen molar-refractivity contribution in [3.8, 4) is 11.1 Å². The Bertz CT molecular complexity index is 431. The van der Waals surface area contributed by atoms with Crippen molar-refractivity contribution in [3.05, 3.63) is 53.0 Å². The largest absolute Gasteiger partial charge is 0.130 e. The van der Waals surface area contributed by atoms with E-state index in [1.165, 1.54) is 16.0 Å². The van der Waals surface area contributed by atoms with Gasteiger partial charge in [-0.2, -0.15) is 0 Å². The van der Waals surface area contributed by atoms with Gasteiger partial charge in [0.15, 0.2) is 0 Å². The van der Waals surface area contributed by atoms with Crippen LogP contribution in [0.4, 0.5) is 0 Å². The first-order chi connectivity index (χ1) is 7.29. The highest BCUT2D eigenvalue weighted by atomic mass is 79.9. The first kappa shape index (κ1) is 10.8. The van der Waals surface area contributed by atoms with Crippen LogP contribution in [0.25, 0.3) is 11.1 Å². The standard InChI is InChI=1S/C13H11BrS/c1-15-13-8-4-11(5-9-13)10-2-6-12(14)7-3-10/h2-9H,1H3. The molecule has 2 heteroatoms. The van der Waals surface area contributed by atoms with Gasteiger partial charge in [-0.1, -0.05) is 40.2 Å². The molecule has 0 radical (unpaired) electrons. The third-order valence-corrected chi connectivity index (χ3v) is 3.54. The molecular formula is C13H11BrS. The van der Waals surface area contributed by atoms with Crippen molar-refractivity contribution < 1.29 is 0 Å². The fourth-order valence-electron chi connectivity index (χ4n) is 1.43. The summed E-state index contributed by atoms with van der Waals surface area (Å²) in [5, 5.41) is 0. The summed E-state index contributed by atoms with van der Waals surface area (Å²) in [6, 6.07) is 17.0. The number of hydrogen-bond donors (Lipinski definition) is 0. The lowest BCUT2D eigenvalue weighted by Gasteiger charge is -2.02. The van der Waals surface area contributed by atoms with Crippen molar-refractivity contribution in [1.82, 2.24) is 0 Å². The number of thioether (sulfide) groups is 1. The molecule has 0 saturated heterocycles. The minimum Gasteiger partial charge on any atom is -0.130 e. The van der Waals surface area contributed by atoms with Crippen LogP contribution in [0.3, 0.4) is 0 Å².